The Balaban J connectivity index is 2.04. The summed E-state index contributed by atoms with van der Waals surface area (Å²) in [4.78, 5) is 0. The lowest BCUT2D eigenvalue weighted by Gasteiger charge is -2.06. The highest BCUT2D eigenvalue weighted by Gasteiger charge is 2.07. The molecule has 0 saturated heterocycles. The Morgan fingerprint density at radius 1 is 1.05 bits per heavy atom. The molecule has 0 aliphatic heterocycles. The van der Waals surface area contributed by atoms with Gasteiger partial charge in [0.1, 0.15) is 0 Å². The van der Waals surface area contributed by atoms with E-state index in [1.807, 2.05) is 29.1 Å². The SMILES string of the molecule is Cc1ccc(-n2cc(-c3ccccc3Br)cn2)c(C)c1. The van der Waals surface area contributed by atoms with E-state index in [9.17, 15) is 0 Å². The summed E-state index contributed by atoms with van der Waals surface area (Å²) in [7, 11) is 0. The van der Waals surface area contributed by atoms with Crippen molar-refractivity contribution in [3.63, 3.8) is 0 Å². The minimum atomic E-state index is 1.08. The van der Waals surface area contributed by atoms with E-state index in [-0.39, 0.29) is 0 Å². The molecule has 0 atom stereocenters. The molecular formula is C17H15BrN2. The number of hydrogen-bond acceptors (Lipinski definition) is 1. The van der Waals surface area contributed by atoms with Gasteiger partial charge in [0.15, 0.2) is 0 Å². The summed E-state index contributed by atoms with van der Waals surface area (Å²) in [5, 5.41) is 4.49. The summed E-state index contributed by atoms with van der Waals surface area (Å²) < 4.78 is 3.02. The van der Waals surface area contributed by atoms with Crippen LogP contribution in [0.5, 0.6) is 0 Å². The molecule has 0 aliphatic rings. The van der Waals surface area contributed by atoms with Crippen LogP contribution >= 0.6 is 15.9 Å². The third kappa shape index (κ3) is 2.41. The molecule has 3 heteroatoms. The average molecular weight is 327 g/mol. The van der Waals surface area contributed by atoms with E-state index in [2.05, 4.69) is 65.3 Å². The minimum absolute atomic E-state index is 1.08. The van der Waals surface area contributed by atoms with Crippen molar-refractivity contribution in [1.82, 2.24) is 9.78 Å². The van der Waals surface area contributed by atoms with Crippen LogP contribution in [0.25, 0.3) is 16.8 Å². The Kier molecular flexibility index (Phi) is 3.45. The van der Waals surface area contributed by atoms with Crippen molar-refractivity contribution in [3.05, 3.63) is 70.5 Å². The zero-order valence-corrected chi connectivity index (χ0v) is 13.1. The highest BCUT2D eigenvalue weighted by molar-refractivity contribution is 9.10. The lowest BCUT2D eigenvalue weighted by Crippen LogP contribution is -1.97. The molecule has 1 aromatic heterocycles. The molecule has 0 N–H and O–H groups in total. The quantitative estimate of drug-likeness (QED) is 0.653. The Morgan fingerprint density at radius 2 is 1.85 bits per heavy atom. The van der Waals surface area contributed by atoms with Gasteiger partial charge < -0.3 is 0 Å². The predicted octanol–water partition coefficient (Wildman–Crippen LogP) is 4.92. The number of hydrogen-bond donors (Lipinski definition) is 0. The zero-order valence-electron chi connectivity index (χ0n) is 11.5. The number of rotatable bonds is 2. The molecule has 0 saturated carbocycles. The van der Waals surface area contributed by atoms with E-state index >= 15 is 0 Å². The van der Waals surface area contributed by atoms with E-state index in [1.54, 1.807) is 0 Å². The summed E-state index contributed by atoms with van der Waals surface area (Å²) in [5.41, 5.74) is 5.88. The molecule has 0 bridgehead atoms. The van der Waals surface area contributed by atoms with Gasteiger partial charge in [0.05, 0.1) is 11.9 Å². The van der Waals surface area contributed by atoms with E-state index < -0.39 is 0 Å². The van der Waals surface area contributed by atoms with Crippen molar-refractivity contribution in [2.45, 2.75) is 13.8 Å². The van der Waals surface area contributed by atoms with Crippen LogP contribution in [0.15, 0.2) is 59.3 Å². The number of halogens is 1. The first-order valence-electron chi connectivity index (χ1n) is 6.52. The van der Waals surface area contributed by atoms with Crippen LogP contribution < -0.4 is 0 Å². The van der Waals surface area contributed by atoms with Crippen molar-refractivity contribution >= 4 is 15.9 Å². The maximum Gasteiger partial charge on any atom is 0.0675 e. The van der Waals surface area contributed by atoms with Crippen LogP contribution in [-0.4, -0.2) is 9.78 Å². The number of aryl methyl sites for hydroxylation is 2. The van der Waals surface area contributed by atoms with Gasteiger partial charge in [-0.3, -0.25) is 0 Å². The molecule has 3 rings (SSSR count). The molecule has 2 aromatic carbocycles. The molecular weight excluding hydrogens is 312 g/mol. The second-order valence-corrected chi connectivity index (χ2v) is 5.80. The molecule has 2 nitrogen and oxygen atoms in total. The molecule has 100 valence electrons. The smallest absolute Gasteiger partial charge is 0.0675 e. The van der Waals surface area contributed by atoms with Gasteiger partial charge in [-0.1, -0.05) is 51.8 Å². The van der Waals surface area contributed by atoms with E-state index in [0.29, 0.717) is 0 Å². The Hall–Kier alpha value is -1.87. The summed E-state index contributed by atoms with van der Waals surface area (Å²) >= 11 is 3.59. The van der Waals surface area contributed by atoms with Crippen molar-refractivity contribution < 1.29 is 0 Å². The summed E-state index contributed by atoms with van der Waals surface area (Å²) in [5.74, 6) is 0. The lowest BCUT2D eigenvalue weighted by atomic mass is 10.1. The first-order valence-corrected chi connectivity index (χ1v) is 7.31. The van der Waals surface area contributed by atoms with Gasteiger partial charge >= 0.3 is 0 Å². The van der Waals surface area contributed by atoms with Crippen molar-refractivity contribution in [2.24, 2.45) is 0 Å². The third-order valence-electron chi connectivity index (χ3n) is 3.37. The van der Waals surface area contributed by atoms with Crippen LogP contribution in [0.2, 0.25) is 0 Å². The molecule has 0 spiro atoms. The average Bonchev–Trinajstić information content (AvgIpc) is 2.88. The van der Waals surface area contributed by atoms with Crippen LogP contribution in [-0.2, 0) is 0 Å². The molecule has 0 radical (unpaired) electrons. The van der Waals surface area contributed by atoms with Gasteiger partial charge in [0.2, 0.25) is 0 Å². The van der Waals surface area contributed by atoms with Crippen LogP contribution in [0.1, 0.15) is 11.1 Å². The van der Waals surface area contributed by atoms with Gasteiger partial charge in [0.25, 0.3) is 0 Å². The second-order valence-electron chi connectivity index (χ2n) is 4.94. The fraction of sp³-hybridized carbons (Fsp3) is 0.118. The highest BCUT2D eigenvalue weighted by atomic mass is 79.9. The van der Waals surface area contributed by atoms with Crippen LogP contribution in [0.4, 0.5) is 0 Å². The molecule has 0 aliphatic carbocycles. The van der Waals surface area contributed by atoms with Gasteiger partial charge in [-0.05, 0) is 37.1 Å². The summed E-state index contributed by atoms with van der Waals surface area (Å²) in [6.45, 7) is 4.22. The van der Waals surface area contributed by atoms with Gasteiger partial charge in [-0.25, -0.2) is 4.68 Å². The Morgan fingerprint density at radius 3 is 2.60 bits per heavy atom. The normalized spacial score (nSPS) is 10.8. The fourth-order valence-electron chi connectivity index (χ4n) is 2.35. The third-order valence-corrected chi connectivity index (χ3v) is 4.06. The van der Waals surface area contributed by atoms with Crippen molar-refractivity contribution in [2.75, 3.05) is 0 Å². The van der Waals surface area contributed by atoms with E-state index in [0.717, 1.165) is 21.3 Å². The summed E-state index contributed by atoms with van der Waals surface area (Å²) in [6, 6.07) is 14.6. The number of nitrogens with zero attached hydrogens (tertiary/aromatic N) is 2. The van der Waals surface area contributed by atoms with Gasteiger partial charge in [-0.2, -0.15) is 5.10 Å². The topological polar surface area (TPSA) is 17.8 Å². The summed E-state index contributed by atoms with van der Waals surface area (Å²) in [6.07, 6.45) is 3.97. The molecule has 0 fully saturated rings. The zero-order chi connectivity index (χ0) is 14.1. The largest absolute Gasteiger partial charge is 0.240 e. The first kappa shape index (κ1) is 13.1. The molecule has 20 heavy (non-hydrogen) atoms. The lowest BCUT2D eigenvalue weighted by molar-refractivity contribution is 0.872. The van der Waals surface area contributed by atoms with Crippen LogP contribution in [0.3, 0.4) is 0 Å². The second kappa shape index (κ2) is 5.25. The van der Waals surface area contributed by atoms with E-state index in [4.69, 9.17) is 0 Å². The standard InChI is InChI=1S/C17H15BrN2/c1-12-7-8-17(13(2)9-12)20-11-14(10-19-20)15-5-3-4-6-16(15)18/h3-11H,1-2H3. The fourth-order valence-corrected chi connectivity index (χ4v) is 2.87. The Bertz CT molecular complexity index is 759. The molecule has 0 amide bonds. The Labute approximate surface area is 127 Å². The molecule has 0 unspecified atom stereocenters. The minimum Gasteiger partial charge on any atom is -0.240 e. The highest BCUT2D eigenvalue weighted by Crippen LogP contribution is 2.28. The van der Waals surface area contributed by atoms with Crippen molar-refractivity contribution in [3.8, 4) is 16.8 Å². The van der Waals surface area contributed by atoms with Gasteiger partial charge in [-0.15, -0.1) is 0 Å². The first-order chi connectivity index (χ1) is 9.65. The molecule has 3 aromatic rings. The predicted molar refractivity (Wildman–Crippen MR) is 86.2 cm³/mol. The number of aromatic nitrogens is 2. The monoisotopic (exact) mass is 326 g/mol. The van der Waals surface area contributed by atoms with Crippen molar-refractivity contribution in [1.29, 1.82) is 0 Å². The maximum atomic E-state index is 4.49. The van der Waals surface area contributed by atoms with Crippen LogP contribution in [0, 0.1) is 13.8 Å². The van der Waals surface area contributed by atoms with Gasteiger partial charge in [0, 0.05) is 16.2 Å². The maximum absolute atomic E-state index is 4.49. The van der Waals surface area contributed by atoms with E-state index in [1.165, 1.54) is 11.1 Å². The number of benzene rings is 2. The molecule has 1 heterocycles.